The summed E-state index contributed by atoms with van der Waals surface area (Å²) >= 11 is 7.68. The minimum atomic E-state index is 1.20. The predicted octanol–water partition coefficient (Wildman–Crippen LogP) is 13.0. The van der Waals surface area contributed by atoms with Crippen LogP contribution in [0.2, 0.25) is 0 Å². The van der Waals surface area contributed by atoms with Gasteiger partial charge in [0.05, 0.1) is 20.4 Å². The molecule has 202 valence electrons. The van der Waals surface area contributed by atoms with E-state index in [4.69, 9.17) is 0 Å². The maximum Gasteiger partial charge on any atom is 0.0711 e. The van der Waals surface area contributed by atoms with Crippen LogP contribution in [0.25, 0.3) is 87.3 Å². The Kier molecular flexibility index (Phi) is 5.13. The lowest BCUT2D eigenvalue weighted by Gasteiger charge is -2.06. The second-order valence-electron chi connectivity index (χ2n) is 10.9. The van der Waals surface area contributed by atoms with Crippen molar-refractivity contribution >= 4 is 106 Å². The van der Waals surface area contributed by atoms with Crippen LogP contribution in [0, 0.1) is 0 Å². The maximum atomic E-state index is 2.47. The smallest absolute Gasteiger partial charge is 0.0711 e. The van der Waals surface area contributed by atoms with Gasteiger partial charge < -0.3 is 4.57 Å². The zero-order valence-electron chi connectivity index (χ0n) is 22.7. The molecule has 0 fully saturated rings. The number of nitrogens with zero attached hydrogens (tertiary/aromatic N) is 1. The van der Waals surface area contributed by atoms with Gasteiger partial charge in [-0.25, -0.2) is 0 Å². The summed E-state index contributed by atoms with van der Waals surface area (Å²) in [6.45, 7) is 0. The number of fused-ring (bicyclic) bond motifs is 9. The van der Waals surface area contributed by atoms with Gasteiger partial charge in [-0.2, -0.15) is 0 Å². The average Bonchev–Trinajstić information content (AvgIpc) is 3.86. The van der Waals surface area contributed by atoms with Crippen LogP contribution in [0.1, 0.15) is 0 Å². The van der Waals surface area contributed by atoms with E-state index in [1.165, 1.54) is 87.3 Å². The summed E-state index contributed by atoms with van der Waals surface area (Å²) in [5, 5.41) is 5.39. The molecule has 0 saturated heterocycles. The lowest BCUT2D eigenvalue weighted by Crippen LogP contribution is -1.91. The summed E-state index contributed by atoms with van der Waals surface area (Å²) in [5.41, 5.74) is 6.45. The van der Waals surface area contributed by atoms with E-state index in [-0.39, 0.29) is 0 Å². The van der Waals surface area contributed by atoms with E-state index >= 15 is 0 Å². The highest BCUT2D eigenvalue weighted by Crippen LogP contribution is 2.50. The molecule has 5 heteroatoms. The van der Waals surface area contributed by atoms with E-state index in [0.29, 0.717) is 0 Å². The number of thiophene rings is 4. The molecule has 0 spiro atoms. The molecule has 0 atom stereocenters. The summed E-state index contributed by atoms with van der Waals surface area (Å²) in [4.78, 5) is 2.66. The van der Waals surface area contributed by atoms with E-state index < -0.39 is 0 Å². The van der Waals surface area contributed by atoms with E-state index in [1.54, 1.807) is 0 Å². The van der Waals surface area contributed by atoms with E-state index in [0.717, 1.165) is 0 Å². The van der Waals surface area contributed by atoms with Crippen LogP contribution in [0.15, 0.2) is 127 Å². The molecule has 5 aromatic carbocycles. The van der Waals surface area contributed by atoms with Crippen molar-refractivity contribution in [2.24, 2.45) is 0 Å². The van der Waals surface area contributed by atoms with Crippen LogP contribution in [0.4, 0.5) is 0 Å². The molecule has 0 amide bonds. The van der Waals surface area contributed by atoms with Crippen LogP contribution in [-0.4, -0.2) is 4.57 Å². The Bertz CT molecular complexity index is 2510. The molecule has 0 aliphatic rings. The highest BCUT2D eigenvalue weighted by molar-refractivity contribution is 7.31. The van der Waals surface area contributed by atoms with Gasteiger partial charge in [-0.3, -0.25) is 0 Å². The van der Waals surface area contributed by atoms with Gasteiger partial charge in [0.15, 0.2) is 0 Å². The molecule has 0 saturated carbocycles. The van der Waals surface area contributed by atoms with Crippen molar-refractivity contribution in [3.05, 3.63) is 127 Å². The Balaban J connectivity index is 1.24. The molecule has 10 rings (SSSR count). The molecule has 10 aromatic rings. The lowest BCUT2D eigenvalue weighted by molar-refractivity contribution is 1.19. The number of benzene rings is 5. The molecule has 0 radical (unpaired) electrons. The molecule has 0 unspecified atom stereocenters. The fraction of sp³-hybridized carbons (Fsp3) is 0. The quantitative estimate of drug-likeness (QED) is 0.185. The van der Waals surface area contributed by atoms with Gasteiger partial charge in [0, 0.05) is 66.9 Å². The summed E-state index contributed by atoms with van der Waals surface area (Å²) in [5.74, 6) is 0. The van der Waals surface area contributed by atoms with Gasteiger partial charge in [0.25, 0.3) is 0 Å². The van der Waals surface area contributed by atoms with Crippen molar-refractivity contribution < 1.29 is 0 Å². The summed E-state index contributed by atoms with van der Waals surface area (Å²) < 4.78 is 10.7. The summed E-state index contributed by atoms with van der Waals surface area (Å²) in [7, 11) is 0. The largest absolute Gasteiger partial charge is 0.307 e. The van der Waals surface area contributed by atoms with Crippen LogP contribution >= 0.6 is 45.3 Å². The Morgan fingerprint density at radius 2 is 0.837 bits per heavy atom. The van der Waals surface area contributed by atoms with Gasteiger partial charge in [-0.05, 0) is 36.4 Å². The van der Waals surface area contributed by atoms with Crippen molar-refractivity contribution in [1.29, 1.82) is 0 Å². The third-order valence-electron chi connectivity index (χ3n) is 8.47. The monoisotopic (exact) mass is 619 g/mol. The Hall–Kier alpha value is -4.26. The summed E-state index contributed by atoms with van der Waals surface area (Å²) in [6, 6.07) is 46.8. The molecule has 43 heavy (non-hydrogen) atoms. The topological polar surface area (TPSA) is 4.93 Å². The Morgan fingerprint density at radius 3 is 1.37 bits per heavy atom. The number of hydrogen-bond acceptors (Lipinski definition) is 4. The second kappa shape index (κ2) is 9.12. The van der Waals surface area contributed by atoms with Crippen LogP contribution < -0.4 is 0 Å². The van der Waals surface area contributed by atoms with Crippen molar-refractivity contribution in [2.75, 3.05) is 0 Å². The molecule has 0 aliphatic carbocycles. The molecule has 0 N–H and O–H groups in total. The third-order valence-corrected chi connectivity index (χ3v) is 13.4. The zero-order valence-corrected chi connectivity index (χ0v) is 26.0. The van der Waals surface area contributed by atoms with Gasteiger partial charge in [0.1, 0.15) is 0 Å². The number of rotatable bonds is 3. The van der Waals surface area contributed by atoms with Crippen molar-refractivity contribution in [2.45, 2.75) is 0 Å². The molecule has 0 bridgehead atoms. The third kappa shape index (κ3) is 3.48. The lowest BCUT2D eigenvalue weighted by atomic mass is 10.1. The van der Waals surface area contributed by atoms with E-state index in [1.807, 2.05) is 45.3 Å². The predicted molar refractivity (Wildman–Crippen MR) is 193 cm³/mol. The minimum absolute atomic E-state index is 1.20. The van der Waals surface area contributed by atoms with Gasteiger partial charge in [0.2, 0.25) is 0 Å². The first-order valence-electron chi connectivity index (χ1n) is 14.3. The minimum Gasteiger partial charge on any atom is -0.307 e. The number of para-hydroxylation sites is 1. The first-order chi connectivity index (χ1) is 21.3. The standard InChI is InChI=1S/C38H21NS4/c1-2-10-22(11-3-1)39-29-20-33(27-16-8-14-25-23-12-4-6-18-31(23)40-35(25)27)42-37(29)38-30(39)21-34(43-38)28-17-9-15-26-24-13-5-7-19-32(24)41-36(26)28/h1-21H. The van der Waals surface area contributed by atoms with Gasteiger partial charge in [-0.15, -0.1) is 45.3 Å². The van der Waals surface area contributed by atoms with Crippen LogP contribution in [0.5, 0.6) is 0 Å². The Morgan fingerprint density at radius 1 is 0.372 bits per heavy atom. The average molecular weight is 620 g/mol. The fourth-order valence-corrected chi connectivity index (χ4v) is 11.6. The zero-order chi connectivity index (χ0) is 28.1. The van der Waals surface area contributed by atoms with Crippen molar-refractivity contribution in [3.8, 4) is 26.6 Å². The second-order valence-corrected chi connectivity index (χ2v) is 15.1. The number of hydrogen-bond donors (Lipinski definition) is 0. The molecule has 1 nitrogen and oxygen atoms in total. The van der Waals surface area contributed by atoms with Crippen LogP contribution in [-0.2, 0) is 0 Å². The summed E-state index contributed by atoms with van der Waals surface area (Å²) in [6.07, 6.45) is 0. The Labute approximate surface area is 263 Å². The normalized spacial score (nSPS) is 12.2. The molecule has 0 aliphatic heterocycles. The van der Waals surface area contributed by atoms with Gasteiger partial charge >= 0.3 is 0 Å². The van der Waals surface area contributed by atoms with Crippen LogP contribution in [0.3, 0.4) is 0 Å². The molecular formula is C38H21NS4. The van der Waals surface area contributed by atoms with Crippen molar-refractivity contribution in [1.82, 2.24) is 4.57 Å². The molecular weight excluding hydrogens is 599 g/mol. The highest BCUT2D eigenvalue weighted by atomic mass is 32.1. The molecule has 5 heterocycles. The highest BCUT2D eigenvalue weighted by Gasteiger charge is 2.22. The van der Waals surface area contributed by atoms with E-state index in [9.17, 15) is 0 Å². The van der Waals surface area contributed by atoms with E-state index in [2.05, 4.69) is 132 Å². The number of aromatic nitrogens is 1. The van der Waals surface area contributed by atoms with Gasteiger partial charge in [-0.1, -0.05) is 91.0 Å². The first kappa shape index (κ1) is 24.2. The maximum absolute atomic E-state index is 2.47. The molecule has 5 aromatic heterocycles. The SMILES string of the molecule is c1ccc(-n2c3cc(-c4cccc5c4sc4ccccc45)sc3c3sc(-c4cccc5c4sc4ccccc45)cc32)cc1. The first-order valence-corrected chi connectivity index (χ1v) is 17.5. The van der Waals surface area contributed by atoms with Crippen molar-refractivity contribution in [3.63, 3.8) is 0 Å². The fourth-order valence-electron chi connectivity index (χ4n) is 6.55.